The maximum absolute atomic E-state index is 12.5. The van der Waals surface area contributed by atoms with Gasteiger partial charge in [-0.3, -0.25) is 4.79 Å². The molecule has 0 unspecified atom stereocenters. The average Bonchev–Trinajstić information content (AvgIpc) is 3.20. The van der Waals surface area contributed by atoms with E-state index in [1.165, 1.54) is 28.6 Å². The molecule has 7 heteroatoms. The van der Waals surface area contributed by atoms with Gasteiger partial charge in [0.25, 0.3) is 0 Å². The molecule has 0 aromatic heterocycles. The lowest BCUT2D eigenvalue weighted by molar-refractivity contribution is -0.124. The van der Waals surface area contributed by atoms with Crippen molar-refractivity contribution in [2.75, 3.05) is 13.1 Å². The Morgan fingerprint density at radius 3 is 2.57 bits per heavy atom. The van der Waals surface area contributed by atoms with Crippen molar-refractivity contribution in [2.45, 2.75) is 43.1 Å². The summed E-state index contributed by atoms with van der Waals surface area (Å²) in [6.45, 7) is 1.02. The zero-order valence-corrected chi connectivity index (χ0v) is 13.5. The number of carbonyl (C=O) groups is 2. The topological polar surface area (TPSA) is 80.8 Å². The number of hydrogen-bond acceptors (Lipinski definition) is 5. The molecule has 124 valence electrons. The first-order valence-corrected chi connectivity index (χ1v) is 9.26. The Kier molecular flexibility index (Phi) is 4.50. The molecule has 2 aliphatic rings. The van der Waals surface area contributed by atoms with E-state index in [4.69, 9.17) is 4.74 Å². The zero-order chi connectivity index (χ0) is 16.4. The van der Waals surface area contributed by atoms with Crippen LogP contribution < -0.4 is 0 Å². The number of esters is 1. The molecular weight excluding hydrogens is 318 g/mol. The van der Waals surface area contributed by atoms with Gasteiger partial charge >= 0.3 is 5.97 Å². The van der Waals surface area contributed by atoms with Crippen molar-refractivity contribution in [3.05, 3.63) is 29.8 Å². The van der Waals surface area contributed by atoms with Crippen LogP contribution in [0, 0.1) is 0 Å². The molecule has 0 bridgehead atoms. The Bertz CT molecular complexity index is 722. The van der Waals surface area contributed by atoms with Gasteiger partial charge in [0.2, 0.25) is 10.0 Å². The maximum Gasteiger partial charge on any atom is 0.338 e. The summed E-state index contributed by atoms with van der Waals surface area (Å²) in [5.41, 5.74) is 0.157. The minimum atomic E-state index is -3.57. The summed E-state index contributed by atoms with van der Waals surface area (Å²) in [7, 11) is -3.57. The van der Waals surface area contributed by atoms with Crippen LogP contribution in [0.1, 0.15) is 42.5 Å². The lowest BCUT2D eigenvalue weighted by Gasteiger charge is -2.16. The normalized spacial score (nSPS) is 22.4. The highest BCUT2D eigenvalue weighted by Gasteiger charge is 2.30. The van der Waals surface area contributed by atoms with Crippen molar-refractivity contribution in [3.63, 3.8) is 0 Å². The molecular formula is C16H19NO5S. The van der Waals surface area contributed by atoms with E-state index in [-0.39, 0.29) is 16.2 Å². The predicted octanol–water partition coefficient (Wildman–Crippen LogP) is 1.75. The van der Waals surface area contributed by atoms with Gasteiger partial charge in [-0.2, -0.15) is 4.31 Å². The number of ketones is 1. The molecule has 1 aromatic rings. The standard InChI is InChI=1S/C16H19NO5S/c18-14-7-4-8-15(14)22-16(19)12-5-3-6-13(11-12)23(20,21)17-9-1-2-10-17/h3,5-6,11,15H,1-2,4,7-10H2/t15-/m0/s1. The van der Waals surface area contributed by atoms with Gasteiger partial charge in [0.15, 0.2) is 11.9 Å². The van der Waals surface area contributed by atoms with Gasteiger partial charge in [-0.1, -0.05) is 6.07 Å². The molecule has 6 nitrogen and oxygen atoms in total. The van der Waals surface area contributed by atoms with E-state index in [1.54, 1.807) is 0 Å². The average molecular weight is 337 g/mol. The van der Waals surface area contributed by atoms with Crippen molar-refractivity contribution >= 4 is 21.8 Å². The smallest absolute Gasteiger partial charge is 0.338 e. The molecule has 23 heavy (non-hydrogen) atoms. The molecule has 1 heterocycles. The fourth-order valence-electron chi connectivity index (χ4n) is 2.97. The Morgan fingerprint density at radius 2 is 1.91 bits per heavy atom. The van der Waals surface area contributed by atoms with E-state index in [0.29, 0.717) is 25.9 Å². The van der Waals surface area contributed by atoms with Crippen molar-refractivity contribution in [3.8, 4) is 0 Å². The number of carbonyl (C=O) groups excluding carboxylic acids is 2. The van der Waals surface area contributed by atoms with Crippen LogP contribution in [0.2, 0.25) is 0 Å². The summed E-state index contributed by atoms with van der Waals surface area (Å²) >= 11 is 0. The molecule has 0 N–H and O–H groups in total. The quantitative estimate of drug-likeness (QED) is 0.782. The zero-order valence-electron chi connectivity index (χ0n) is 12.7. The van der Waals surface area contributed by atoms with Crippen molar-refractivity contribution < 1.29 is 22.7 Å². The fourth-order valence-corrected chi connectivity index (χ4v) is 4.53. The van der Waals surface area contributed by atoms with Crippen LogP contribution in [0.25, 0.3) is 0 Å². The Balaban J connectivity index is 1.79. The van der Waals surface area contributed by atoms with Gasteiger partial charge in [0.1, 0.15) is 0 Å². The van der Waals surface area contributed by atoms with Crippen LogP contribution in [0.15, 0.2) is 29.2 Å². The number of nitrogens with zero attached hydrogens (tertiary/aromatic N) is 1. The second-order valence-electron chi connectivity index (χ2n) is 5.89. The summed E-state index contributed by atoms with van der Waals surface area (Å²) in [5.74, 6) is -0.720. The molecule has 0 radical (unpaired) electrons. The van der Waals surface area contributed by atoms with Crippen LogP contribution in [-0.4, -0.2) is 43.7 Å². The molecule has 1 saturated carbocycles. The van der Waals surface area contributed by atoms with Crippen LogP contribution in [0.3, 0.4) is 0 Å². The number of benzene rings is 1. The number of sulfonamides is 1. The number of Topliss-reactive ketones (excluding diaryl/α,β-unsaturated/α-hetero) is 1. The van der Waals surface area contributed by atoms with Gasteiger partial charge in [-0.15, -0.1) is 0 Å². The first kappa shape index (κ1) is 16.1. The summed E-state index contributed by atoms with van der Waals surface area (Å²) in [5, 5.41) is 0. The second kappa shape index (κ2) is 6.41. The van der Waals surface area contributed by atoms with Crippen LogP contribution in [0.4, 0.5) is 0 Å². The third kappa shape index (κ3) is 3.30. The van der Waals surface area contributed by atoms with Crippen LogP contribution in [-0.2, 0) is 19.6 Å². The van der Waals surface area contributed by atoms with E-state index < -0.39 is 22.1 Å². The predicted molar refractivity (Wildman–Crippen MR) is 82.5 cm³/mol. The Hall–Kier alpha value is -1.73. The molecule has 1 atom stereocenters. The summed E-state index contributed by atoms with van der Waals surface area (Å²) in [4.78, 5) is 23.8. The maximum atomic E-state index is 12.5. The lowest BCUT2D eigenvalue weighted by Crippen LogP contribution is -2.28. The monoisotopic (exact) mass is 337 g/mol. The summed E-state index contributed by atoms with van der Waals surface area (Å²) in [6, 6.07) is 5.83. The Labute approximate surface area is 135 Å². The molecule has 0 spiro atoms. The van der Waals surface area contributed by atoms with E-state index in [0.717, 1.165) is 19.3 Å². The highest BCUT2D eigenvalue weighted by molar-refractivity contribution is 7.89. The van der Waals surface area contributed by atoms with Gasteiger partial charge in [0, 0.05) is 19.5 Å². The molecule has 0 amide bonds. The summed E-state index contributed by atoms with van der Waals surface area (Å²) in [6.07, 6.45) is 2.70. The van der Waals surface area contributed by atoms with E-state index in [1.807, 2.05) is 0 Å². The second-order valence-corrected chi connectivity index (χ2v) is 7.83. The number of ether oxygens (including phenoxy) is 1. The van der Waals surface area contributed by atoms with Gasteiger partial charge in [-0.05, 0) is 43.9 Å². The first-order chi connectivity index (χ1) is 11.0. The summed E-state index contributed by atoms with van der Waals surface area (Å²) < 4.78 is 31.7. The first-order valence-electron chi connectivity index (χ1n) is 7.82. The SMILES string of the molecule is O=C(O[C@H]1CCCC1=O)c1cccc(S(=O)(=O)N2CCCC2)c1. The molecule has 3 rings (SSSR count). The minimum absolute atomic E-state index is 0.0702. The van der Waals surface area contributed by atoms with Gasteiger partial charge in [-0.25, -0.2) is 13.2 Å². The number of rotatable bonds is 4. The van der Waals surface area contributed by atoms with Gasteiger partial charge in [0.05, 0.1) is 10.5 Å². The Morgan fingerprint density at radius 1 is 1.17 bits per heavy atom. The van der Waals surface area contributed by atoms with Crippen LogP contribution >= 0.6 is 0 Å². The van der Waals surface area contributed by atoms with Gasteiger partial charge < -0.3 is 4.74 Å². The molecule has 1 saturated heterocycles. The molecule has 1 aliphatic carbocycles. The van der Waals surface area contributed by atoms with Crippen LogP contribution in [0.5, 0.6) is 0 Å². The fraction of sp³-hybridized carbons (Fsp3) is 0.500. The van der Waals surface area contributed by atoms with Crippen molar-refractivity contribution in [2.24, 2.45) is 0 Å². The largest absolute Gasteiger partial charge is 0.451 e. The highest BCUT2D eigenvalue weighted by atomic mass is 32.2. The highest BCUT2D eigenvalue weighted by Crippen LogP contribution is 2.23. The minimum Gasteiger partial charge on any atom is -0.451 e. The molecule has 2 fully saturated rings. The van der Waals surface area contributed by atoms with E-state index in [2.05, 4.69) is 0 Å². The lowest BCUT2D eigenvalue weighted by atomic mass is 10.2. The van der Waals surface area contributed by atoms with E-state index in [9.17, 15) is 18.0 Å². The molecule has 1 aliphatic heterocycles. The van der Waals surface area contributed by atoms with Crippen molar-refractivity contribution in [1.82, 2.24) is 4.31 Å². The third-order valence-electron chi connectivity index (χ3n) is 4.27. The van der Waals surface area contributed by atoms with E-state index >= 15 is 0 Å². The third-order valence-corrected chi connectivity index (χ3v) is 6.17. The van der Waals surface area contributed by atoms with Crippen molar-refractivity contribution in [1.29, 1.82) is 0 Å². The number of hydrogen-bond donors (Lipinski definition) is 0. The molecule has 1 aromatic carbocycles.